The molecule has 0 unspecified atom stereocenters. The van der Waals surface area contributed by atoms with E-state index in [0.717, 1.165) is 62.5 Å². The van der Waals surface area contributed by atoms with Gasteiger partial charge in [-0.25, -0.2) is 0 Å². The zero-order chi connectivity index (χ0) is 19.5. The molecule has 1 heterocycles. The van der Waals surface area contributed by atoms with E-state index in [9.17, 15) is 9.59 Å². The van der Waals surface area contributed by atoms with Gasteiger partial charge < -0.3 is 15.5 Å². The van der Waals surface area contributed by atoms with Crippen molar-refractivity contribution in [3.05, 3.63) is 42.0 Å². The molecule has 2 aliphatic rings. The minimum atomic E-state index is -0.0919. The van der Waals surface area contributed by atoms with Gasteiger partial charge in [-0.05, 0) is 61.6 Å². The first-order valence-corrected chi connectivity index (χ1v) is 10.5. The van der Waals surface area contributed by atoms with Crippen molar-refractivity contribution < 1.29 is 9.59 Å². The summed E-state index contributed by atoms with van der Waals surface area (Å²) in [5.41, 5.74) is 1.18. The molecular formula is C23H29N3O2. The Kier molecular flexibility index (Phi) is 5.62. The molecule has 28 heavy (non-hydrogen) atoms. The number of nitrogens with one attached hydrogen (secondary N) is 2. The van der Waals surface area contributed by atoms with E-state index >= 15 is 0 Å². The average Bonchev–Trinajstić information content (AvgIpc) is 3.54. The standard InChI is InChI=1S/C23H29N3O2/c1-2-11-26-12-9-19(10-13-26)24-23(28)20-14-17-5-3-4-6-18(17)15-21(20)25-22(27)16-7-8-16/h3-6,14-16,19H,2,7-13H2,1H3,(H,24,28)(H,25,27). The molecule has 2 fully saturated rings. The van der Waals surface area contributed by atoms with Crippen molar-refractivity contribution in [2.75, 3.05) is 25.0 Å². The van der Waals surface area contributed by atoms with Gasteiger partial charge >= 0.3 is 0 Å². The molecule has 0 aromatic heterocycles. The maximum Gasteiger partial charge on any atom is 0.253 e. The summed E-state index contributed by atoms with van der Waals surface area (Å²) in [6, 6.07) is 12.0. The summed E-state index contributed by atoms with van der Waals surface area (Å²) in [6.45, 7) is 5.39. The lowest BCUT2D eigenvalue weighted by Gasteiger charge is -2.32. The van der Waals surface area contributed by atoms with Gasteiger partial charge in [-0.2, -0.15) is 0 Å². The van der Waals surface area contributed by atoms with Crippen molar-refractivity contribution >= 4 is 28.3 Å². The Morgan fingerprint density at radius 1 is 1.04 bits per heavy atom. The van der Waals surface area contributed by atoms with Gasteiger partial charge in [0.05, 0.1) is 11.3 Å². The molecule has 1 saturated carbocycles. The highest BCUT2D eigenvalue weighted by molar-refractivity contribution is 6.08. The number of likely N-dealkylation sites (tertiary alicyclic amines) is 1. The molecule has 1 aliphatic heterocycles. The Hall–Kier alpha value is -2.40. The van der Waals surface area contributed by atoms with Crippen LogP contribution in [-0.4, -0.2) is 42.4 Å². The molecule has 0 atom stereocenters. The number of carbonyl (C=O) groups excluding carboxylic acids is 2. The van der Waals surface area contributed by atoms with Crippen molar-refractivity contribution in [2.45, 2.75) is 45.1 Å². The molecule has 1 aliphatic carbocycles. The fourth-order valence-electron chi connectivity index (χ4n) is 3.99. The second-order valence-corrected chi connectivity index (χ2v) is 8.10. The lowest BCUT2D eigenvalue weighted by Crippen LogP contribution is -2.44. The Morgan fingerprint density at radius 2 is 1.71 bits per heavy atom. The number of anilines is 1. The third-order valence-corrected chi connectivity index (χ3v) is 5.80. The summed E-state index contributed by atoms with van der Waals surface area (Å²) < 4.78 is 0. The van der Waals surface area contributed by atoms with E-state index in [-0.39, 0.29) is 23.8 Å². The van der Waals surface area contributed by atoms with Crippen LogP contribution in [0.4, 0.5) is 5.69 Å². The number of nitrogens with zero attached hydrogens (tertiary/aromatic N) is 1. The van der Waals surface area contributed by atoms with E-state index in [0.29, 0.717) is 11.3 Å². The average molecular weight is 380 g/mol. The molecule has 1 saturated heterocycles. The summed E-state index contributed by atoms with van der Waals surface area (Å²) in [7, 11) is 0. The van der Waals surface area contributed by atoms with Crippen LogP contribution >= 0.6 is 0 Å². The number of rotatable bonds is 6. The van der Waals surface area contributed by atoms with Crippen LogP contribution in [0.15, 0.2) is 36.4 Å². The van der Waals surface area contributed by atoms with Crippen LogP contribution in [0.5, 0.6) is 0 Å². The van der Waals surface area contributed by atoms with Gasteiger partial charge in [0.1, 0.15) is 0 Å². The van der Waals surface area contributed by atoms with Crippen molar-refractivity contribution in [1.29, 1.82) is 0 Å². The van der Waals surface area contributed by atoms with Crippen LogP contribution in [0.3, 0.4) is 0 Å². The van der Waals surface area contributed by atoms with Gasteiger partial charge in [-0.3, -0.25) is 9.59 Å². The van der Waals surface area contributed by atoms with Gasteiger partial charge in [0.15, 0.2) is 0 Å². The summed E-state index contributed by atoms with van der Waals surface area (Å²) in [6.07, 6.45) is 5.00. The first-order valence-electron chi connectivity index (χ1n) is 10.5. The van der Waals surface area contributed by atoms with Gasteiger partial charge in [0, 0.05) is 25.0 Å². The maximum absolute atomic E-state index is 13.1. The van der Waals surface area contributed by atoms with Gasteiger partial charge in [-0.1, -0.05) is 31.2 Å². The molecule has 2 N–H and O–H groups in total. The third kappa shape index (κ3) is 4.36. The quantitative estimate of drug-likeness (QED) is 0.803. The van der Waals surface area contributed by atoms with E-state index < -0.39 is 0 Å². The van der Waals surface area contributed by atoms with Crippen LogP contribution in [0.1, 0.15) is 49.4 Å². The SMILES string of the molecule is CCCN1CCC(NC(=O)c2cc3ccccc3cc2NC(=O)C2CC2)CC1. The van der Waals surface area contributed by atoms with Crippen LogP contribution in [0, 0.1) is 5.92 Å². The largest absolute Gasteiger partial charge is 0.349 e. The molecule has 5 heteroatoms. The molecule has 0 radical (unpaired) electrons. The molecule has 2 amide bonds. The number of hydrogen-bond acceptors (Lipinski definition) is 3. The molecule has 2 aromatic rings. The van der Waals surface area contributed by atoms with E-state index in [4.69, 9.17) is 0 Å². The second kappa shape index (κ2) is 8.31. The normalized spacial score (nSPS) is 18.2. The minimum Gasteiger partial charge on any atom is -0.349 e. The van der Waals surface area contributed by atoms with Crippen molar-refractivity contribution in [1.82, 2.24) is 10.2 Å². The zero-order valence-corrected chi connectivity index (χ0v) is 16.5. The van der Waals surface area contributed by atoms with E-state index in [1.54, 1.807) is 0 Å². The van der Waals surface area contributed by atoms with Crippen LogP contribution in [0.25, 0.3) is 10.8 Å². The molecule has 148 valence electrons. The molecule has 0 bridgehead atoms. The molecule has 4 rings (SSSR count). The fraction of sp³-hybridized carbons (Fsp3) is 0.478. The third-order valence-electron chi connectivity index (χ3n) is 5.80. The van der Waals surface area contributed by atoms with Crippen molar-refractivity contribution in [2.24, 2.45) is 5.92 Å². The number of piperidine rings is 1. The Balaban J connectivity index is 1.52. The monoisotopic (exact) mass is 379 g/mol. The van der Waals surface area contributed by atoms with Crippen molar-refractivity contribution in [3.63, 3.8) is 0 Å². The topological polar surface area (TPSA) is 61.4 Å². The van der Waals surface area contributed by atoms with Crippen LogP contribution in [-0.2, 0) is 4.79 Å². The van der Waals surface area contributed by atoms with E-state index in [2.05, 4.69) is 22.5 Å². The van der Waals surface area contributed by atoms with Gasteiger partial charge in [0.2, 0.25) is 5.91 Å². The van der Waals surface area contributed by atoms with Crippen LogP contribution < -0.4 is 10.6 Å². The van der Waals surface area contributed by atoms with E-state index in [1.165, 1.54) is 0 Å². The fourth-order valence-corrected chi connectivity index (χ4v) is 3.99. The summed E-state index contributed by atoms with van der Waals surface area (Å²) in [4.78, 5) is 27.9. The van der Waals surface area contributed by atoms with Gasteiger partial charge in [-0.15, -0.1) is 0 Å². The molecule has 0 spiro atoms. The molecule has 5 nitrogen and oxygen atoms in total. The first kappa shape index (κ1) is 18.9. The molecule has 2 aromatic carbocycles. The van der Waals surface area contributed by atoms with Crippen LogP contribution in [0.2, 0.25) is 0 Å². The van der Waals surface area contributed by atoms with Gasteiger partial charge in [0.25, 0.3) is 5.91 Å². The Morgan fingerprint density at radius 3 is 2.36 bits per heavy atom. The highest BCUT2D eigenvalue weighted by atomic mass is 16.2. The number of fused-ring (bicyclic) bond motifs is 1. The summed E-state index contributed by atoms with van der Waals surface area (Å²) in [5.74, 6) is 0.0354. The summed E-state index contributed by atoms with van der Waals surface area (Å²) in [5, 5.41) is 8.24. The highest BCUT2D eigenvalue weighted by Gasteiger charge is 2.30. The lowest BCUT2D eigenvalue weighted by molar-refractivity contribution is -0.117. The first-order chi connectivity index (χ1) is 13.6. The predicted octanol–water partition coefficient (Wildman–Crippen LogP) is 3.79. The van der Waals surface area contributed by atoms with Crippen molar-refractivity contribution in [3.8, 4) is 0 Å². The zero-order valence-electron chi connectivity index (χ0n) is 16.5. The predicted molar refractivity (Wildman–Crippen MR) is 113 cm³/mol. The smallest absolute Gasteiger partial charge is 0.253 e. The lowest BCUT2D eigenvalue weighted by atomic mass is 10.0. The Bertz CT molecular complexity index is 867. The summed E-state index contributed by atoms with van der Waals surface area (Å²) >= 11 is 0. The highest BCUT2D eigenvalue weighted by Crippen LogP contribution is 2.32. The molecular weight excluding hydrogens is 350 g/mol. The second-order valence-electron chi connectivity index (χ2n) is 8.10. The maximum atomic E-state index is 13.1. The number of amides is 2. The number of benzene rings is 2. The Labute approximate surface area is 166 Å². The number of hydrogen-bond donors (Lipinski definition) is 2. The minimum absolute atomic E-state index is 0.0252. The number of carbonyl (C=O) groups is 2. The van der Waals surface area contributed by atoms with E-state index in [1.807, 2.05) is 36.4 Å².